The number of rotatable bonds is 7. The Morgan fingerprint density at radius 2 is 2.12 bits per heavy atom. The van der Waals surface area contributed by atoms with Gasteiger partial charge >= 0.3 is 0 Å². The Kier molecular flexibility index (Phi) is 5.86. The lowest BCUT2D eigenvalue weighted by Gasteiger charge is -2.12. The molecule has 0 bridgehead atoms. The molecule has 1 fully saturated rings. The summed E-state index contributed by atoms with van der Waals surface area (Å²) in [5.41, 5.74) is 2.90. The van der Waals surface area contributed by atoms with E-state index in [0.29, 0.717) is 6.42 Å². The van der Waals surface area contributed by atoms with E-state index in [1.54, 1.807) is 11.3 Å². The Bertz CT molecular complexity index is 677. The summed E-state index contributed by atoms with van der Waals surface area (Å²) < 4.78 is 0. The van der Waals surface area contributed by atoms with E-state index in [1.807, 2.05) is 18.2 Å². The highest BCUT2D eigenvalue weighted by Crippen LogP contribution is 2.30. The van der Waals surface area contributed by atoms with Crippen molar-refractivity contribution >= 4 is 28.1 Å². The molecule has 0 spiro atoms. The van der Waals surface area contributed by atoms with Crippen molar-refractivity contribution < 1.29 is 4.79 Å². The lowest BCUT2D eigenvalue weighted by Crippen LogP contribution is -2.17. The maximum Gasteiger partial charge on any atom is 0.224 e. The van der Waals surface area contributed by atoms with E-state index in [-0.39, 0.29) is 5.91 Å². The summed E-state index contributed by atoms with van der Waals surface area (Å²) in [4.78, 5) is 19.1. The third-order valence-corrected chi connectivity index (χ3v) is 5.22. The van der Waals surface area contributed by atoms with Crippen LogP contribution in [0.4, 0.5) is 10.8 Å². The Hall–Kier alpha value is -1.88. The molecule has 1 saturated heterocycles. The largest absolute Gasteiger partial charge is 0.348 e. The lowest BCUT2D eigenvalue weighted by atomic mass is 10.1. The summed E-state index contributed by atoms with van der Waals surface area (Å²) in [6.45, 7) is 4.37. The third-order valence-electron chi connectivity index (χ3n) is 4.32. The number of benzene rings is 1. The van der Waals surface area contributed by atoms with Crippen LogP contribution in [0.3, 0.4) is 0 Å². The molecule has 0 aliphatic carbocycles. The molecule has 2 aromatic rings. The first-order valence-electron chi connectivity index (χ1n) is 8.87. The van der Waals surface area contributed by atoms with Crippen LogP contribution in [0.2, 0.25) is 0 Å². The van der Waals surface area contributed by atoms with Gasteiger partial charge in [0.2, 0.25) is 5.91 Å². The van der Waals surface area contributed by atoms with Crippen molar-refractivity contribution in [3.05, 3.63) is 29.6 Å². The van der Waals surface area contributed by atoms with E-state index < -0.39 is 0 Å². The van der Waals surface area contributed by atoms with Crippen molar-refractivity contribution in [2.24, 2.45) is 0 Å². The molecule has 128 valence electrons. The monoisotopic (exact) mass is 343 g/mol. The molecule has 0 atom stereocenters. The van der Waals surface area contributed by atoms with Gasteiger partial charge < -0.3 is 10.2 Å². The van der Waals surface area contributed by atoms with Gasteiger partial charge in [-0.05, 0) is 31.4 Å². The van der Waals surface area contributed by atoms with E-state index in [4.69, 9.17) is 4.98 Å². The van der Waals surface area contributed by atoms with E-state index in [0.717, 1.165) is 54.4 Å². The summed E-state index contributed by atoms with van der Waals surface area (Å²) in [7, 11) is 0. The minimum atomic E-state index is 0.0941. The second-order valence-electron chi connectivity index (χ2n) is 6.30. The second-order valence-corrected chi connectivity index (χ2v) is 7.13. The van der Waals surface area contributed by atoms with Gasteiger partial charge in [-0.1, -0.05) is 31.9 Å². The number of nitrogens with one attached hydrogen (secondary N) is 1. The summed E-state index contributed by atoms with van der Waals surface area (Å²) in [5, 5.41) is 6.21. The fraction of sp³-hybridized carbons (Fsp3) is 0.474. The van der Waals surface area contributed by atoms with Gasteiger partial charge in [0.25, 0.3) is 0 Å². The first-order chi connectivity index (χ1) is 11.8. The van der Waals surface area contributed by atoms with Crippen LogP contribution >= 0.6 is 11.3 Å². The molecule has 1 aromatic carbocycles. The van der Waals surface area contributed by atoms with E-state index in [9.17, 15) is 4.79 Å². The van der Waals surface area contributed by atoms with Crippen molar-refractivity contribution in [1.29, 1.82) is 0 Å². The van der Waals surface area contributed by atoms with Crippen LogP contribution in [-0.2, 0) is 4.79 Å². The number of anilines is 2. The second kappa shape index (κ2) is 8.29. The fourth-order valence-electron chi connectivity index (χ4n) is 2.97. The topological polar surface area (TPSA) is 45.2 Å². The minimum absolute atomic E-state index is 0.0941. The number of aromatic nitrogens is 1. The van der Waals surface area contributed by atoms with Crippen LogP contribution in [0.1, 0.15) is 45.4 Å². The van der Waals surface area contributed by atoms with Crippen LogP contribution in [0.25, 0.3) is 11.3 Å². The molecular formula is C19H25N3OS. The Labute approximate surface area is 147 Å². The van der Waals surface area contributed by atoms with Gasteiger partial charge in [-0.25, -0.2) is 4.98 Å². The smallest absolute Gasteiger partial charge is 0.224 e. The molecule has 0 unspecified atom stereocenters. The van der Waals surface area contributed by atoms with Crippen molar-refractivity contribution in [3.63, 3.8) is 0 Å². The number of hydrogen-bond acceptors (Lipinski definition) is 4. The van der Waals surface area contributed by atoms with Gasteiger partial charge in [0, 0.05) is 36.1 Å². The van der Waals surface area contributed by atoms with Gasteiger partial charge in [-0.3, -0.25) is 4.79 Å². The molecule has 0 saturated carbocycles. The minimum Gasteiger partial charge on any atom is -0.348 e. The molecule has 4 nitrogen and oxygen atoms in total. The highest BCUT2D eigenvalue weighted by molar-refractivity contribution is 7.14. The van der Waals surface area contributed by atoms with Crippen molar-refractivity contribution in [3.8, 4) is 11.3 Å². The summed E-state index contributed by atoms with van der Waals surface area (Å²) in [6, 6.07) is 7.98. The predicted octanol–water partition coefficient (Wildman–Crippen LogP) is 4.93. The van der Waals surface area contributed by atoms with Crippen LogP contribution in [0, 0.1) is 0 Å². The molecule has 3 rings (SSSR count). The van der Waals surface area contributed by atoms with Crippen LogP contribution in [0.15, 0.2) is 29.6 Å². The molecular weight excluding hydrogens is 318 g/mol. The Morgan fingerprint density at radius 3 is 2.92 bits per heavy atom. The first-order valence-corrected chi connectivity index (χ1v) is 9.75. The van der Waals surface area contributed by atoms with Gasteiger partial charge in [-0.2, -0.15) is 0 Å². The van der Waals surface area contributed by atoms with Crippen molar-refractivity contribution in [2.75, 3.05) is 23.3 Å². The number of hydrogen-bond donors (Lipinski definition) is 1. The number of amides is 1. The molecule has 24 heavy (non-hydrogen) atoms. The lowest BCUT2D eigenvalue weighted by molar-refractivity contribution is -0.116. The third kappa shape index (κ3) is 4.35. The molecule has 5 heteroatoms. The molecule has 1 aromatic heterocycles. The average molecular weight is 343 g/mol. The fourth-order valence-corrected chi connectivity index (χ4v) is 3.85. The number of thiazole rings is 1. The van der Waals surface area contributed by atoms with Crippen LogP contribution in [-0.4, -0.2) is 24.0 Å². The number of unbranched alkanes of at least 4 members (excludes halogenated alkanes) is 2. The van der Waals surface area contributed by atoms with Gasteiger partial charge in [-0.15, -0.1) is 11.3 Å². The molecule has 1 aliphatic heterocycles. The highest BCUT2D eigenvalue weighted by atomic mass is 32.1. The summed E-state index contributed by atoms with van der Waals surface area (Å²) in [6.07, 6.45) is 6.29. The van der Waals surface area contributed by atoms with E-state index in [2.05, 4.69) is 28.6 Å². The van der Waals surface area contributed by atoms with Gasteiger partial charge in [0.1, 0.15) is 0 Å². The normalized spacial score (nSPS) is 14.1. The zero-order chi connectivity index (χ0) is 16.8. The molecule has 1 N–H and O–H groups in total. The van der Waals surface area contributed by atoms with Gasteiger partial charge in [0.05, 0.1) is 5.69 Å². The molecule has 2 heterocycles. The van der Waals surface area contributed by atoms with Crippen LogP contribution in [0.5, 0.6) is 0 Å². The van der Waals surface area contributed by atoms with Crippen molar-refractivity contribution in [1.82, 2.24) is 4.98 Å². The van der Waals surface area contributed by atoms with Crippen LogP contribution < -0.4 is 10.2 Å². The average Bonchev–Trinajstić information content (AvgIpc) is 3.27. The number of carbonyl (C=O) groups is 1. The summed E-state index contributed by atoms with van der Waals surface area (Å²) in [5.74, 6) is 0.0941. The standard InChI is InChI=1S/C19H25N3OS/c1-2-3-4-10-18(23)20-16-9-7-8-15(13-16)17-14-24-19(21-17)22-11-5-6-12-22/h7-9,13-14H,2-6,10-12H2,1H3,(H,20,23). The number of nitrogens with zero attached hydrogens (tertiary/aromatic N) is 2. The quantitative estimate of drug-likeness (QED) is 0.725. The maximum atomic E-state index is 12.0. The predicted molar refractivity (Wildman–Crippen MR) is 102 cm³/mol. The maximum absolute atomic E-state index is 12.0. The zero-order valence-corrected chi connectivity index (χ0v) is 15.1. The van der Waals surface area contributed by atoms with Gasteiger partial charge in [0.15, 0.2) is 5.13 Å². The first kappa shape index (κ1) is 17.0. The summed E-state index contributed by atoms with van der Waals surface area (Å²) >= 11 is 1.70. The molecule has 1 aliphatic rings. The Morgan fingerprint density at radius 1 is 1.29 bits per heavy atom. The van der Waals surface area contributed by atoms with E-state index >= 15 is 0 Å². The van der Waals surface area contributed by atoms with E-state index in [1.165, 1.54) is 12.8 Å². The zero-order valence-electron chi connectivity index (χ0n) is 14.3. The van der Waals surface area contributed by atoms with Crippen molar-refractivity contribution in [2.45, 2.75) is 45.4 Å². The Balaban J connectivity index is 1.65. The molecule has 1 amide bonds. The molecule has 0 radical (unpaired) electrons. The highest BCUT2D eigenvalue weighted by Gasteiger charge is 2.16. The number of carbonyl (C=O) groups excluding carboxylic acids is 1. The SMILES string of the molecule is CCCCCC(=O)Nc1cccc(-c2csc(N3CCCC3)n2)c1.